The summed E-state index contributed by atoms with van der Waals surface area (Å²) in [6, 6.07) is 0. The number of carbonyl (C=O) groups is 2. The highest BCUT2D eigenvalue weighted by atomic mass is 32.2. The van der Waals surface area contributed by atoms with Gasteiger partial charge in [0.25, 0.3) is 0 Å². The molecule has 1 aromatic rings. The Bertz CT molecular complexity index is 640. The van der Waals surface area contributed by atoms with Crippen molar-refractivity contribution in [1.29, 1.82) is 0 Å². The van der Waals surface area contributed by atoms with Gasteiger partial charge >= 0.3 is 0 Å². The lowest BCUT2D eigenvalue weighted by Crippen LogP contribution is -2.29. The zero-order chi connectivity index (χ0) is 16.4. The summed E-state index contributed by atoms with van der Waals surface area (Å²) >= 11 is 3.01. The van der Waals surface area contributed by atoms with Crippen LogP contribution in [-0.4, -0.2) is 32.6 Å². The molecule has 8 nitrogen and oxygen atoms in total. The van der Waals surface area contributed by atoms with Gasteiger partial charge in [0, 0.05) is 19.8 Å². The highest BCUT2D eigenvalue weighted by molar-refractivity contribution is 8.14. The van der Waals surface area contributed by atoms with Gasteiger partial charge in [-0.25, -0.2) is 0 Å². The third-order valence-corrected chi connectivity index (χ3v) is 5.70. The summed E-state index contributed by atoms with van der Waals surface area (Å²) in [5.74, 6) is 0.819. The Morgan fingerprint density at radius 1 is 1.22 bits per heavy atom. The molecule has 2 amide bonds. The lowest BCUT2D eigenvalue weighted by Gasteiger charge is -2.34. The van der Waals surface area contributed by atoms with Crippen molar-refractivity contribution in [2.75, 3.05) is 5.32 Å². The van der Waals surface area contributed by atoms with Crippen molar-refractivity contribution in [3.05, 3.63) is 5.01 Å². The second-order valence-electron chi connectivity index (χ2n) is 5.73. The highest BCUT2D eigenvalue weighted by Crippen LogP contribution is 2.46. The van der Waals surface area contributed by atoms with Gasteiger partial charge in [0.1, 0.15) is 5.01 Å². The second-order valence-corrected chi connectivity index (χ2v) is 7.93. The molecule has 0 radical (unpaired) electrons. The summed E-state index contributed by atoms with van der Waals surface area (Å²) in [7, 11) is 0. The molecule has 3 rings (SSSR count). The van der Waals surface area contributed by atoms with E-state index in [1.807, 2.05) is 0 Å². The third-order valence-electron chi connectivity index (χ3n) is 3.70. The fourth-order valence-corrected chi connectivity index (χ4v) is 4.63. The first-order chi connectivity index (χ1) is 11.0. The van der Waals surface area contributed by atoms with Crippen molar-refractivity contribution >= 4 is 45.2 Å². The molecular formula is C13H18N6O2S2. The maximum atomic E-state index is 11.0. The van der Waals surface area contributed by atoms with Crippen LogP contribution in [0.5, 0.6) is 0 Å². The van der Waals surface area contributed by atoms with Crippen LogP contribution in [0.3, 0.4) is 0 Å². The van der Waals surface area contributed by atoms with Crippen LogP contribution in [0.15, 0.2) is 5.10 Å². The van der Waals surface area contributed by atoms with Gasteiger partial charge in [-0.05, 0) is 25.2 Å². The number of rotatable bonds is 4. The Hall–Kier alpha value is -1.68. The summed E-state index contributed by atoms with van der Waals surface area (Å²) < 4.78 is 0. The minimum absolute atomic E-state index is 0.103. The number of aromatic nitrogens is 2. The molecule has 1 atom stereocenters. The summed E-state index contributed by atoms with van der Waals surface area (Å²) in [5.41, 5.74) is 3.05. The Kier molecular flexibility index (Phi) is 4.81. The summed E-state index contributed by atoms with van der Waals surface area (Å²) in [6.07, 6.45) is 3.15. The molecule has 1 saturated carbocycles. The molecule has 0 saturated heterocycles. The van der Waals surface area contributed by atoms with Crippen molar-refractivity contribution < 1.29 is 9.59 Å². The van der Waals surface area contributed by atoms with E-state index in [1.165, 1.54) is 25.2 Å². The Labute approximate surface area is 141 Å². The maximum Gasteiger partial charge on any atom is 0.223 e. The number of nitrogens with zero attached hydrogens (tertiary/aromatic N) is 3. The quantitative estimate of drug-likeness (QED) is 0.755. The molecule has 23 heavy (non-hydrogen) atoms. The molecule has 2 heterocycles. The molecule has 0 bridgehead atoms. The van der Waals surface area contributed by atoms with E-state index < -0.39 is 0 Å². The van der Waals surface area contributed by atoms with Gasteiger partial charge in [0.2, 0.25) is 16.9 Å². The van der Waals surface area contributed by atoms with Gasteiger partial charge < -0.3 is 10.6 Å². The molecular weight excluding hydrogens is 336 g/mol. The molecule has 1 aliphatic carbocycles. The largest absolute Gasteiger partial charge is 0.304 e. The van der Waals surface area contributed by atoms with Crippen LogP contribution in [-0.2, 0) is 9.59 Å². The van der Waals surface area contributed by atoms with Gasteiger partial charge in [-0.15, -0.1) is 10.2 Å². The Morgan fingerprint density at radius 3 is 2.65 bits per heavy atom. The van der Waals surface area contributed by atoms with Gasteiger partial charge in [-0.2, -0.15) is 5.10 Å². The van der Waals surface area contributed by atoms with E-state index in [9.17, 15) is 9.59 Å². The van der Waals surface area contributed by atoms with E-state index in [0.29, 0.717) is 22.1 Å². The summed E-state index contributed by atoms with van der Waals surface area (Å²) in [4.78, 5) is 22.0. The molecule has 1 unspecified atom stereocenters. The summed E-state index contributed by atoms with van der Waals surface area (Å²) in [5, 5.41) is 20.0. The van der Waals surface area contributed by atoms with Gasteiger partial charge in [0.05, 0.1) is 5.37 Å². The molecule has 1 fully saturated rings. The Morgan fingerprint density at radius 2 is 1.96 bits per heavy atom. The number of amidine groups is 1. The van der Waals surface area contributed by atoms with E-state index in [0.717, 1.165) is 24.3 Å². The number of hydrogen-bond acceptors (Lipinski definition) is 8. The third kappa shape index (κ3) is 4.20. The van der Waals surface area contributed by atoms with Crippen molar-refractivity contribution in [3.8, 4) is 0 Å². The zero-order valence-corrected chi connectivity index (χ0v) is 14.5. The van der Waals surface area contributed by atoms with Crippen LogP contribution < -0.4 is 16.1 Å². The van der Waals surface area contributed by atoms with E-state index >= 15 is 0 Å². The predicted molar refractivity (Wildman–Crippen MR) is 90.1 cm³/mol. The topological polar surface area (TPSA) is 108 Å². The first-order valence-corrected chi connectivity index (χ1v) is 9.07. The number of hydrogen-bond donors (Lipinski definition) is 3. The molecule has 1 aromatic heterocycles. The van der Waals surface area contributed by atoms with Gasteiger partial charge in [-0.1, -0.05) is 23.1 Å². The van der Waals surface area contributed by atoms with Gasteiger partial charge in [-0.3, -0.25) is 15.0 Å². The number of amides is 2. The summed E-state index contributed by atoms with van der Waals surface area (Å²) in [6.45, 7) is 2.94. The lowest BCUT2D eigenvalue weighted by atomic mass is 9.73. The van der Waals surface area contributed by atoms with Crippen molar-refractivity contribution in [2.45, 2.75) is 44.4 Å². The fourth-order valence-electron chi connectivity index (χ4n) is 2.66. The van der Waals surface area contributed by atoms with Crippen molar-refractivity contribution in [3.63, 3.8) is 0 Å². The molecule has 0 spiro atoms. The molecule has 1 aliphatic heterocycles. The van der Waals surface area contributed by atoms with Crippen LogP contribution in [0, 0.1) is 5.92 Å². The normalized spacial score (nSPS) is 26.0. The molecule has 2 aliphatic rings. The zero-order valence-electron chi connectivity index (χ0n) is 12.8. The Balaban J connectivity index is 1.41. The minimum Gasteiger partial charge on any atom is -0.304 e. The van der Waals surface area contributed by atoms with Crippen LogP contribution in [0.1, 0.15) is 44.0 Å². The predicted octanol–water partition coefficient (Wildman–Crippen LogP) is 1.45. The SMILES string of the molecule is CC(=O)NC1=NNC(CC2CC(c3nnc(NC(C)=O)s3)C2)S1. The van der Waals surface area contributed by atoms with Crippen LogP contribution in [0.4, 0.5) is 5.13 Å². The van der Waals surface area contributed by atoms with E-state index in [1.54, 1.807) is 11.8 Å². The number of hydrazone groups is 1. The number of nitrogens with one attached hydrogen (secondary N) is 3. The monoisotopic (exact) mass is 354 g/mol. The van der Waals surface area contributed by atoms with E-state index in [2.05, 4.69) is 31.4 Å². The standard InChI is InChI=1S/C13H18N6O2S2/c1-6(20)14-12-18-16-10(22-12)5-8-3-9(4-8)11-17-19-13(23-11)15-7(2)21/h8-10,16H,3-5H2,1-2H3,(H,14,18,20)(H,15,19,21). The van der Waals surface area contributed by atoms with Gasteiger partial charge in [0.15, 0.2) is 5.17 Å². The highest BCUT2D eigenvalue weighted by Gasteiger charge is 2.35. The molecule has 124 valence electrons. The van der Waals surface area contributed by atoms with Crippen LogP contribution in [0.2, 0.25) is 0 Å². The molecule has 0 aromatic carbocycles. The maximum absolute atomic E-state index is 11.0. The smallest absolute Gasteiger partial charge is 0.223 e. The van der Waals surface area contributed by atoms with Crippen molar-refractivity contribution in [1.82, 2.24) is 20.9 Å². The average Bonchev–Trinajstić information content (AvgIpc) is 3.01. The van der Waals surface area contributed by atoms with E-state index in [4.69, 9.17) is 0 Å². The number of thioether (sulfide) groups is 1. The molecule has 3 N–H and O–H groups in total. The average molecular weight is 354 g/mol. The van der Waals surface area contributed by atoms with Crippen molar-refractivity contribution in [2.24, 2.45) is 11.0 Å². The second kappa shape index (κ2) is 6.83. The first kappa shape index (κ1) is 16.2. The minimum atomic E-state index is -0.126. The lowest BCUT2D eigenvalue weighted by molar-refractivity contribution is -0.117. The van der Waals surface area contributed by atoms with E-state index in [-0.39, 0.29) is 17.2 Å². The number of carbonyl (C=O) groups excluding carboxylic acids is 2. The van der Waals surface area contributed by atoms with Crippen LogP contribution in [0.25, 0.3) is 0 Å². The first-order valence-electron chi connectivity index (χ1n) is 7.38. The molecule has 10 heteroatoms. The van der Waals surface area contributed by atoms with Crippen LogP contribution >= 0.6 is 23.1 Å². The fraction of sp³-hybridized carbons (Fsp3) is 0.615. The number of anilines is 1.